The molecule has 1 saturated heterocycles. The molecule has 1 aromatic rings. The molecule has 0 amide bonds. The molecule has 1 aromatic heterocycles. The quantitative estimate of drug-likeness (QED) is 0.677. The second-order valence-corrected chi connectivity index (χ2v) is 5.04. The van der Waals surface area contributed by atoms with Crippen LogP contribution in [0.25, 0.3) is 0 Å². The molecule has 1 aliphatic heterocycles. The van der Waals surface area contributed by atoms with Crippen molar-refractivity contribution in [1.82, 2.24) is 9.55 Å². The number of ether oxygens (including phenoxy) is 1. The Kier molecular flexibility index (Phi) is 4.74. The summed E-state index contributed by atoms with van der Waals surface area (Å²) in [5.41, 5.74) is -0.417. The molecule has 2 heterocycles. The van der Waals surface area contributed by atoms with Gasteiger partial charge in [0.2, 0.25) is 0 Å². The molecule has 20 heavy (non-hydrogen) atoms. The molecule has 0 radical (unpaired) electrons. The van der Waals surface area contributed by atoms with Crippen LogP contribution >= 0.6 is 0 Å². The topological polar surface area (TPSA) is 105 Å². The van der Waals surface area contributed by atoms with Crippen molar-refractivity contribution in [3.8, 4) is 0 Å². The lowest BCUT2D eigenvalue weighted by atomic mass is 10.1. The van der Waals surface area contributed by atoms with Crippen LogP contribution in [0.4, 0.5) is 0 Å². The van der Waals surface area contributed by atoms with E-state index in [9.17, 15) is 14.7 Å². The predicted molar refractivity (Wildman–Crippen MR) is 71.6 cm³/mol. The van der Waals surface area contributed by atoms with Gasteiger partial charge in [0.15, 0.2) is 0 Å². The average Bonchev–Trinajstić information content (AvgIpc) is 2.79. The number of hydrogen-bond donors (Lipinski definition) is 3. The number of aromatic nitrogens is 2. The first kappa shape index (κ1) is 15.0. The zero-order valence-electron chi connectivity index (χ0n) is 11.4. The summed E-state index contributed by atoms with van der Waals surface area (Å²) in [6, 6.07) is 0. The van der Waals surface area contributed by atoms with E-state index in [2.05, 4.69) is 4.98 Å². The Bertz CT molecular complexity index is 565. The first-order valence-electron chi connectivity index (χ1n) is 6.85. The monoisotopic (exact) mass is 284 g/mol. The predicted octanol–water partition coefficient (Wildman–Crippen LogP) is -0.480. The van der Waals surface area contributed by atoms with E-state index in [0.29, 0.717) is 12.0 Å². The molecule has 0 saturated carbocycles. The molecule has 3 N–H and O–H groups in total. The first-order valence-corrected chi connectivity index (χ1v) is 6.85. The van der Waals surface area contributed by atoms with Gasteiger partial charge in [-0.05, 0) is 12.8 Å². The van der Waals surface area contributed by atoms with Gasteiger partial charge in [-0.15, -0.1) is 0 Å². The fraction of sp³-hybridized carbons (Fsp3) is 0.692. The van der Waals surface area contributed by atoms with Crippen molar-refractivity contribution >= 4 is 0 Å². The van der Waals surface area contributed by atoms with Crippen molar-refractivity contribution in [1.29, 1.82) is 0 Å². The van der Waals surface area contributed by atoms with E-state index in [1.54, 1.807) is 0 Å². The molecule has 112 valence electrons. The first-order chi connectivity index (χ1) is 9.56. The zero-order chi connectivity index (χ0) is 14.7. The van der Waals surface area contributed by atoms with E-state index in [1.165, 1.54) is 10.8 Å². The van der Waals surface area contributed by atoms with Gasteiger partial charge in [0.05, 0.1) is 12.7 Å². The second-order valence-electron chi connectivity index (χ2n) is 5.04. The third-order valence-electron chi connectivity index (χ3n) is 3.54. The Morgan fingerprint density at radius 1 is 1.50 bits per heavy atom. The van der Waals surface area contributed by atoms with Crippen LogP contribution in [-0.4, -0.2) is 38.6 Å². The fourth-order valence-electron chi connectivity index (χ4n) is 2.34. The molecular formula is C13H20N2O5. The number of rotatable bonds is 5. The van der Waals surface area contributed by atoms with Crippen molar-refractivity contribution in [3.05, 3.63) is 32.6 Å². The van der Waals surface area contributed by atoms with E-state index >= 15 is 0 Å². The van der Waals surface area contributed by atoms with Crippen LogP contribution in [0.5, 0.6) is 0 Å². The zero-order valence-corrected chi connectivity index (χ0v) is 11.4. The van der Waals surface area contributed by atoms with Gasteiger partial charge in [-0.25, -0.2) is 4.79 Å². The summed E-state index contributed by atoms with van der Waals surface area (Å²) in [5.74, 6) is 0. The number of aryl methyl sites for hydroxylation is 1. The van der Waals surface area contributed by atoms with E-state index in [0.717, 1.165) is 12.8 Å². The number of aromatic amines is 1. The molecule has 0 bridgehead atoms. The van der Waals surface area contributed by atoms with Gasteiger partial charge in [-0.2, -0.15) is 0 Å². The van der Waals surface area contributed by atoms with Crippen LogP contribution in [0.3, 0.4) is 0 Å². The molecule has 1 aliphatic rings. The highest BCUT2D eigenvalue weighted by Crippen LogP contribution is 2.27. The molecular weight excluding hydrogens is 264 g/mol. The minimum atomic E-state index is -0.817. The number of H-pyrrole nitrogens is 1. The van der Waals surface area contributed by atoms with Crippen molar-refractivity contribution in [2.75, 3.05) is 6.61 Å². The highest BCUT2D eigenvalue weighted by atomic mass is 16.5. The average molecular weight is 284 g/mol. The largest absolute Gasteiger partial charge is 0.394 e. The molecule has 2 rings (SSSR count). The third-order valence-corrected chi connectivity index (χ3v) is 3.54. The Morgan fingerprint density at radius 3 is 2.85 bits per heavy atom. The summed E-state index contributed by atoms with van der Waals surface area (Å²) in [4.78, 5) is 25.8. The third kappa shape index (κ3) is 3.00. The Balaban J connectivity index is 2.28. The highest BCUT2D eigenvalue weighted by Gasteiger charge is 2.35. The van der Waals surface area contributed by atoms with E-state index in [4.69, 9.17) is 9.84 Å². The van der Waals surface area contributed by atoms with Gasteiger partial charge in [0, 0.05) is 18.2 Å². The summed E-state index contributed by atoms with van der Waals surface area (Å²) < 4.78 is 6.71. The number of hydrogen-bond acceptors (Lipinski definition) is 5. The molecule has 3 atom stereocenters. The molecule has 1 fully saturated rings. The summed E-state index contributed by atoms with van der Waals surface area (Å²) in [5, 5.41) is 18.8. The van der Waals surface area contributed by atoms with Crippen molar-refractivity contribution in [2.45, 2.75) is 51.0 Å². The van der Waals surface area contributed by atoms with Gasteiger partial charge in [-0.3, -0.25) is 14.3 Å². The van der Waals surface area contributed by atoms with E-state index in [-0.39, 0.29) is 18.6 Å². The maximum Gasteiger partial charge on any atom is 0.330 e. The van der Waals surface area contributed by atoms with Gasteiger partial charge in [0.25, 0.3) is 5.56 Å². The summed E-state index contributed by atoms with van der Waals surface area (Å²) >= 11 is 0. The molecule has 0 aromatic carbocycles. The lowest BCUT2D eigenvalue weighted by Crippen LogP contribution is -2.34. The van der Waals surface area contributed by atoms with E-state index < -0.39 is 24.1 Å². The molecule has 0 unspecified atom stereocenters. The minimum Gasteiger partial charge on any atom is -0.394 e. The van der Waals surface area contributed by atoms with Crippen molar-refractivity contribution in [3.63, 3.8) is 0 Å². The van der Waals surface area contributed by atoms with Gasteiger partial charge >= 0.3 is 5.69 Å². The lowest BCUT2D eigenvalue weighted by Gasteiger charge is -2.15. The molecule has 0 spiro atoms. The summed E-state index contributed by atoms with van der Waals surface area (Å²) in [6.45, 7) is 1.71. The van der Waals surface area contributed by atoms with Crippen LogP contribution in [0.15, 0.2) is 15.8 Å². The number of nitrogens with zero attached hydrogens (tertiary/aromatic N) is 1. The van der Waals surface area contributed by atoms with Crippen molar-refractivity contribution in [2.24, 2.45) is 0 Å². The number of aliphatic hydroxyl groups is 2. The van der Waals surface area contributed by atoms with Crippen LogP contribution in [0, 0.1) is 0 Å². The summed E-state index contributed by atoms with van der Waals surface area (Å²) in [6.07, 6.45) is 1.93. The Morgan fingerprint density at radius 2 is 2.25 bits per heavy atom. The summed E-state index contributed by atoms with van der Waals surface area (Å²) in [7, 11) is 0. The maximum atomic E-state index is 11.8. The number of unbranched alkanes of at least 4 members (excludes halogenated alkanes) is 1. The SMILES string of the molecule is CCCCc1cn([C@H]2C[C@@H](O)[C@@H](CO)O2)c(=O)[nH]c1=O. The smallest absolute Gasteiger partial charge is 0.330 e. The van der Waals surface area contributed by atoms with Crippen LogP contribution < -0.4 is 11.2 Å². The fourth-order valence-corrected chi connectivity index (χ4v) is 2.34. The van der Waals surface area contributed by atoms with Crippen LogP contribution in [0.2, 0.25) is 0 Å². The second kappa shape index (κ2) is 6.34. The molecule has 0 aliphatic carbocycles. The Labute approximate surface area is 115 Å². The van der Waals surface area contributed by atoms with Crippen LogP contribution in [0.1, 0.15) is 38.0 Å². The van der Waals surface area contributed by atoms with Crippen molar-refractivity contribution < 1.29 is 14.9 Å². The number of aliphatic hydroxyl groups excluding tert-OH is 2. The maximum absolute atomic E-state index is 11.8. The molecule has 7 heteroatoms. The Hall–Kier alpha value is -1.44. The van der Waals surface area contributed by atoms with Gasteiger partial charge in [-0.1, -0.05) is 13.3 Å². The molecule has 7 nitrogen and oxygen atoms in total. The highest BCUT2D eigenvalue weighted by molar-refractivity contribution is 5.05. The standard InChI is InChI=1S/C13H20N2O5/c1-2-3-4-8-6-15(13(19)14-12(8)18)11-5-9(17)10(7-16)20-11/h6,9-11,16-17H,2-5,7H2,1H3,(H,14,18,19)/t9-,10-,11-/m1/s1. The lowest BCUT2D eigenvalue weighted by molar-refractivity contribution is -0.0460. The minimum absolute atomic E-state index is 0.213. The van der Waals surface area contributed by atoms with Crippen LogP contribution in [-0.2, 0) is 11.2 Å². The van der Waals surface area contributed by atoms with E-state index in [1.807, 2.05) is 6.92 Å². The normalized spacial score (nSPS) is 26.1. The van der Waals surface area contributed by atoms with Gasteiger partial charge in [0.1, 0.15) is 12.3 Å². The van der Waals surface area contributed by atoms with Gasteiger partial charge < -0.3 is 14.9 Å². The number of nitrogens with one attached hydrogen (secondary N) is 1.